The molecule has 2 aliphatic rings. The minimum absolute atomic E-state index is 0.445. The molecule has 2 rings (SSSR count). The van der Waals surface area contributed by atoms with Gasteiger partial charge in [0.1, 0.15) is 5.54 Å². The molecule has 0 aromatic carbocycles. The smallest absolute Gasteiger partial charge is 0.323 e. The van der Waals surface area contributed by atoms with E-state index in [0.717, 1.165) is 44.8 Å². The van der Waals surface area contributed by atoms with Crippen LogP contribution < -0.4 is 5.32 Å². The van der Waals surface area contributed by atoms with Crippen molar-refractivity contribution in [2.45, 2.75) is 50.6 Å². The number of carboxylic acid groups (broad SMARTS) is 1. The van der Waals surface area contributed by atoms with Crippen LogP contribution in [0, 0.1) is 5.92 Å². The van der Waals surface area contributed by atoms with Crippen LogP contribution >= 0.6 is 0 Å². The molecule has 0 radical (unpaired) electrons. The second-order valence-corrected chi connectivity index (χ2v) is 7.06. The lowest BCUT2D eigenvalue weighted by Crippen LogP contribution is -2.51. The molecule has 1 aliphatic carbocycles. The number of likely N-dealkylation sites (N-methyl/N-ethyl adjacent to an activating group) is 1. The minimum atomic E-state index is -0.681. The summed E-state index contributed by atoms with van der Waals surface area (Å²) in [4.78, 5) is 16.4. The lowest BCUT2D eigenvalue weighted by atomic mass is 9.94. The first kappa shape index (κ1) is 16.7. The SMILES string of the molecule is CCNC1(C(=O)O)CCC(N2CCC(CN(C)C)CC2)C1. The topological polar surface area (TPSA) is 55.8 Å². The van der Waals surface area contributed by atoms with Crippen LogP contribution in [0.15, 0.2) is 0 Å². The Morgan fingerprint density at radius 2 is 2.00 bits per heavy atom. The van der Waals surface area contributed by atoms with Crippen LogP contribution in [0.4, 0.5) is 0 Å². The van der Waals surface area contributed by atoms with E-state index in [0.29, 0.717) is 6.04 Å². The number of hydrogen-bond donors (Lipinski definition) is 2. The van der Waals surface area contributed by atoms with Crippen LogP contribution in [-0.2, 0) is 4.79 Å². The number of nitrogens with one attached hydrogen (secondary N) is 1. The number of carbonyl (C=O) groups is 1. The summed E-state index contributed by atoms with van der Waals surface area (Å²) in [5.74, 6) is 0.130. The molecule has 0 spiro atoms. The van der Waals surface area contributed by atoms with Crippen molar-refractivity contribution in [3.63, 3.8) is 0 Å². The van der Waals surface area contributed by atoms with Crippen molar-refractivity contribution in [3.8, 4) is 0 Å². The van der Waals surface area contributed by atoms with Gasteiger partial charge in [-0.3, -0.25) is 4.79 Å². The van der Waals surface area contributed by atoms with Gasteiger partial charge in [0, 0.05) is 12.6 Å². The highest BCUT2D eigenvalue weighted by atomic mass is 16.4. The van der Waals surface area contributed by atoms with E-state index in [1.165, 1.54) is 19.4 Å². The fourth-order valence-corrected chi connectivity index (χ4v) is 4.12. The first-order valence-electron chi connectivity index (χ1n) is 8.34. The molecule has 0 bridgehead atoms. The number of aliphatic carboxylic acids is 1. The molecule has 0 aromatic rings. The summed E-state index contributed by atoms with van der Waals surface area (Å²) in [5.41, 5.74) is -0.681. The van der Waals surface area contributed by atoms with Crippen LogP contribution in [0.1, 0.15) is 39.0 Å². The zero-order valence-electron chi connectivity index (χ0n) is 13.8. The standard InChI is InChI=1S/C16H31N3O2/c1-4-17-16(15(20)21)8-5-14(11-16)19-9-6-13(7-10-19)12-18(2)3/h13-14,17H,4-12H2,1-3H3,(H,20,21). The largest absolute Gasteiger partial charge is 0.480 e. The van der Waals surface area contributed by atoms with E-state index in [1.54, 1.807) is 0 Å². The van der Waals surface area contributed by atoms with Gasteiger partial charge in [0.15, 0.2) is 0 Å². The second kappa shape index (κ2) is 7.07. The Morgan fingerprint density at radius 3 is 2.52 bits per heavy atom. The monoisotopic (exact) mass is 297 g/mol. The predicted molar refractivity (Wildman–Crippen MR) is 84.5 cm³/mol. The van der Waals surface area contributed by atoms with Crippen molar-refractivity contribution in [2.75, 3.05) is 40.3 Å². The van der Waals surface area contributed by atoms with Gasteiger partial charge in [0.05, 0.1) is 0 Å². The Kier molecular flexibility index (Phi) is 5.63. The van der Waals surface area contributed by atoms with Crippen molar-refractivity contribution < 1.29 is 9.90 Å². The number of rotatable bonds is 6. The number of nitrogens with zero attached hydrogens (tertiary/aromatic N) is 2. The van der Waals surface area contributed by atoms with Gasteiger partial charge in [0.25, 0.3) is 0 Å². The summed E-state index contributed by atoms with van der Waals surface area (Å²) >= 11 is 0. The van der Waals surface area contributed by atoms with E-state index in [2.05, 4.69) is 29.2 Å². The van der Waals surface area contributed by atoms with Crippen LogP contribution in [0.3, 0.4) is 0 Å². The van der Waals surface area contributed by atoms with Gasteiger partial charge in [-0.05, 0) is 71.8 Å². The molecule has 0 aromatic heterocycles. The van der Waals surface area contributed by atoms with Gasteiger partial charge in [-0.2, -0.15) is 0 Å². The third kappa shape index (κ3) is 3.96. The number of hydrogen-bond acceptors (Lipinski definition) is 4. The molecule has 2 atom stereocenters. The van der Waals surface area contributed by atoms with E-state index >= 15 is 0 Å². The Morgan fingerprint density at radius 1 is 1.33 bits per heavy atom. The summed E-state index contributed by atoms with van der Waals surface area (Å²) in [6.07, 6.45) is 5.02. The third-order valence-electron chi connectivity index (χ3n) is 5.20. The Labute approximate surface area is 128 Å². The molecule has 5 heteroatoms. The van der Waals surface area contributed by atoms with E-state index < -0.39 is 11.5 Å². The Balaban J connectivity index is 1.86. The van der Waals surface area contributed by atoms with Crippen molar-refractivity contribution in [2.24, 2.45) is 5.92 Å². The molecule has 2 unspecified atom stereocenters. The van der Waals surface area contributed by atoms with Gasteiger partial charge >= 0.3 is 5.97 Å². The van der Waals surface area contributed by atoms with Crippen molar-refractivity contribution >= 4 is 5.97 Å². The third-order valence-corrected chi connectivity index (χ3v) is 5.20. The van der Waals surface area contributed by atoms with Crippen molar-refractivity contribution in [1.82, 2.24) is 15.1 Å². The first-order valence-corrected chi connectivity index (χ1v) is 8.34. The molecular formula is C16H31N3O2. The maximum absolute atomic E-state index is 11.6. The maximum atomic E-state index is 11.6. The highest BCUT2D eigenvalue weighted by molar-refractivity contribution is 5.79. The molecular weight excluding hydrogens is 266 g/mol. The summed E-state index contributed by atoms with van der Waals surface area (Å²) in [6, 6.07) is 0.445. The molecule has 2 fully saturated rings. The molecule has 0 amide bonds. The van der Waals surface area contributed by atoms with Gasteiger partial charge in [0.2, 0.25) is 0 Å². The van der Waals surface area contributed by atoms with Gasteiger partial charge in [-0.25, -0.2) is 0 Å². The average Bonchev–Trinajstić information content (AvgIpc) is 2.85. The Bertz CT molecular complexity index is 353. The number of piperidine rings is 1. The number of likely N-dealkylation sites (tertiary alicyclic amines) is 1. The van der Waals surface area contributed by atoms with E-state index in [1.807, 2.05) is 6.92 Å². The predicted octanol–water partition coefficient (Wildman–Crippen LogP) is 1.25. The molecule has 2 N–H and O–H groups in total. The fourth-order valence-electron chi connectivity index (χ4n) is 4.12. The molecule has 1 saturated carbocycles. The summed E-state index contributed by atoms with van der Waals surface area (Å²) in [5, 5.41) is 12.8. The van der Waals surface area contributed by atoms with Gasteiger partial charge in [-0.1, -0.05) is 6.92 Å². The number of carboxylic acids is 1. The van der Waals surface area contributed by atoms with Crippen LogP contribution in [0.5, 0.6) is 0 Å². The Hall–Kier alpha value is -0.650. The quantitative estimate of drug-likeness (QED) is 0.773. The molecule has 1 heterocycles. The minimum Gasteiger partial charge on any atom is -0.480 e. The van der Waals surface area contributed by atoms with E-state index in [-0.39, 0.29) is 0 Å². The fraction of sp³-hybridized carbons (Fsp3) is 0.938. The van der Waals surface area contributed by atoms with Gasteiger partial charge < -0.3 is 20.2 Å². The molecule has 1 saturated heterocycles. The van der Waals surface area contributed by atoms with Crippen LogP contribution in [0.25, 0.3) is 0 Å². The van der Waals surface area contributed by atoms with Crippen molar-refractivity contribution in [1.29, 1.82) is 0 Å². The van der Waals surface area contributed by atoms with Gasteiger partial charge in [-0.15, -0.1) is 0 Å². The lowest BCUT2D eigenvalue weighted by Gasteiger charge is -2.37. The summed E-state index contributed by atoms with van der Waals surface area (Å²) in [6.45, 7) is 6.15. The molecule has 122 valence electrons. The molecule has 21 heavy (non-hydrogen) atoms. The highest BCUT2D eigenvalue weighted by Crippen LogP contribution is 2.35. The van der Waals surface area contributed by atoms with E-state index in [9.17, 15) is 9.90 Å². The summed E-state index contributed by atoms with van der Waals surface area (Å²) in [7, 11) is 4.28. The molecule has 1 aliphatic heterocycles. The van der Waals surface area contributed by atoms with Crippen molar-refractivity contribution in [3.05, 3.63) is 0 Å². The summed E-state index contributed by atoms with van der Waals surface area (Å²) < 4.78 is 0. The normalized spacial score (nSPS) is 31.9. The highest BCUT2D eigenvalue weighted by Gasteiger charge is 2.46. The zero-order chi connectivity index (χ0) is 15.5. The first-order chi connectivity index (χ1) is 9.97. The maximum Gasteiger partial charge on any atom is 0.323 e. The van der Waals surface area contributed by atoms with Crippen LogP contribution in [0.2, 0.25) is 0 Å². The molecule has 5 nitrogen and oxygen atoms in total. The van der Waals surface area contributed by atoms with Crippen LogP contribution in [-0.4, -0.2) is 72.7 Å². The van der Waals surface area contributed by atoms with E-state index in [4.69, 9.17) is 0 Å². The second-order valence-electron chi connectivity index (χ2n) is 7.06. The zero-order valence-corrected chi connectivity index (χ0v) is 13.8. The average molecular weight is 297 g/mol. The lowest BCUT2D eigenvalue weighted by molar-refractivity contribution is -0.144.